The predicted octanol–water partition coefficient (Wildman–Crippen LogP) is 9.00. The minimum Gasteiger partial charge on any atom is -0.299 e. The zero-order valence-corrected chi connectivity index (χ0v) is 24.0. The molecule has 0 N–H and O–H groups in total. The van der Waals surface area contributed by atoms with Crippen LogP contribution >= 0.6 is 0 Å². The third kappa shape index (κ3) is 4.88. The van der Waals surface area contributed by atoms with Crippen LogP contribution in [0.15, 0.2) is 116 Å². The first-order chi connectivity index (χ1) is 20.7. The molecule has 0 aliphatic carbocycles. The summed E-state index contributed by atoms with van der Waals surface area (Å²) in [6.07, 6.45) is 8.31. The van der Waals surface area contributed by atoms with Crippen molar-refractivity contribution in [3.8, 4) is 33.9 Å². The van der Waals surface area contributed by atoms with Gasteiger partial charge in [0, 0.05) is 22.5 Å². The fraction of sp³-hybridized carbons (Fsp3) is 0.162. The van der Waals surface area contributed by atoms with E-state index in [1.54, 1.807) is 0 Å². The summed E-state index contributed by atoms with van der Waals surface area (Å²) in [5, 5.41) is 0. The van der Waals surface area contributed by atoms with Gasteiger partial charge in [-0.05, 0) is 84.6 Å². The maximum Gasteiger partial charge on any atom is 0.100 e. The van der Waals surface area contributed by atoms with Crippen molar-refractivity contribution in [3.05, 3.63) is 127 Å². The molecule has 0 unspecified atom stereocenters. The standard InChI is InChI=1S/C37H33N5/c1-3-6-26-10-16-30(17-11-26)41-24-38-34-22-28(14-20-36(34)41)32-8-5-9-33(40-32)29-15-21-37-35(23-29)39-25-42(37)31-18-12-27(7-4-2)13-19-31/h5,8-25H,3-4,6-7H2,1-2H3. The van der Waals surface area contributed by atoms with Crippen LogP contribution in [-0.4, -0.2) is 24.1 Å². The van der Waals surface area contributed by atoms with Crippen molar-refractivity contribution in [3.63, 3.8) is 0 Å². The number of nitrogens with zero attached hydrogens (tertiary/aromatic N) is 5. The van der Waals surface area contributed by atoms with Gasteiger partial charge in [-0.3, -0.25) is 9.13 Å². The molecule has 0 saturated carbocycles. The van der Waals surface area contributed by atoms with Crippen molar-refractivity contribution >= 4 is 22.1 Å². The molecule has 0 atom stereocenters. The Morgan fingerprint density at radius 1 is 0.524 bits per heavy atom. The second-order valence-electron chi connectivity index (χ2n) is 10.9. The number of aryl methyl sites for hydroxylation is 2. The van der Waals surface area contributed by atoms with E-state index in [0.717, 1.165) is 81.6 Å². The van der Waals surface area contributed by atoms with E-state index in [0.29, 0.717) is 0 Å². The van der Waals surface area contributed by atoms with Crippen LogP contribution in [0, 0.1) is 0 Å². The van der Waals surface area contributed by atoms with E-state index in [9.17, 15) is 0 Å². The van der Waals surface area contributed by atoms with Crippen molar-refractivity contribution in [2.45, 2.75) is 39.5 Å². The molecular weight excluding hydrogens is 514 g/mol. The topological polar surface area (TPSA) is 48.5 Å². The Labute approximate surface area is 246 Å². The highest BCUT2D eigenvalue weighted by Gasteiger charge is 2.11. The summed E-state index contributed by atoms with van der Waals surface area (Å²) in [5.41, 5.74) is 13.0. The lowest BCUT2D eigenvalue weighted by atomic mass is 10.1. The molecule has 5 nitrogen and oxygen atoms in total. The first kappa shape index (κ1) is 25.9. The van der Waals surface area contributed by atoms with Crippen LogP contribution in [0.1, 0.15) is 37.8 Å². The Hall–Kier alpha value is -5.03. The zero-order chi connectivity index (χ0) is 28.5. The molecular formula is C37H33N5. The van der Waals surface area contributed by atoms with E-state index < -0.39 is 0 Å². The molecule has 0 saturated heterocycles. The normalized spacial score (nSPS) is 11.5. The smallest absolute Gasteiger partial charge is 0.100 e. The molecule has 3 aromatic heterocycles. The molecule has 5 heteroatoms. The second-order valence-corrected chi connectivity index (χ2v) is 10.9. The van der Waals surface area contributed by atoms with Crippen LogP contribution in [0.25, 0.3) is 56.0 Å². The van der Waals surface area contributed by atoms with Crippen LogP contribution in [0.3, 0.4) is 0 Å². The number of hydrogen-bond donors (Lipinski definition) is 0. The van der Waals surface area contributed by atoms with Gasteiger partial charge in [0.15, 0.2) is 0 Å². The van der Waals surface area contributed by atoms with Crippen LogP contribution in [0.4, 0.5) is 0 Å². The van der Waals surface area contributed by atoms with Gasteiger partial charge in [0.1, 0.15) is 12.7 Å². The first-order valence-electron chi connectivity index (χ1n) is 14.8. The Morgan fingerprint density at radius 3 is 1.40 bits per heavy atom. The number of aromatic nitrogens is 5. The molecule has 0 fully saturated rings. The van der Waals surface area contributed by atoms with E-state index in [4.69, 9.17) is 15.0 Å². The number of fused-ring (bicyclic) bond motifs is 2. The van der Waals surface area contributed by atoms with Gasteiger partial charge in [0.25, 0.3) is 0 Å². The maximum absolute atomic E-state index is 5.04. The summed E-state index contributed by atoms with van der Waals surface area (Å²) in [6.45, 7) is 4.42. The van der Waals surface area contributed by atoms with Gasteiger partial charge in [0.2, 0.25) is 0 Å². The summed E-state index contributed by atoms with van der Waals surface area (Å²) in [7, 11) is 0. The highest BCUT2D eigenvalue weighted by atomic mass is 15.1. The lowest BCUT2D eigenvalue weighted by molar-refractivity contribution is 0.920. The molecule has 7 rings (SSSR count). The van der Waals surface area contributed by atoms with Crippen molar-refractivity contribution in [2.24, 2.45) is 0 Å². The Bertz CT molecular complexity index is 1850. The minimum absolute atomic E-state index is 0.922. The van der Waals surface area contributed by atoms with Crippen LogP contribution in [-0.2, 0) is 12.8 Å². The molecule has 206 valence electrons. The fourth-order valence-electron chi connectivity index (χ4n) is 5.74. The molecule has 0 aliphatic rings. The van der Waals surface area contributed by atoms with Gasteiger partial charge in [-0.1, -0.05) is 69.2 Å². The molecule has 0 aliphatic heterocycles. The van der Waals surface area contributed by atoms with Gasteiger partial charge < -0.3 is 0 Å². The highest BCUT2D eigenvalue weighted by Crippen LogP contribution is 2.29. The molecule has 0 bridgehead atoms. The fourth-order valence-corrected chi connectivity index (χ4v) is 5.74. The highest BCUT2D eigenvalue weighted by molar-refractivity contribution is 5.85. The van der Waals surface area contributed by atoms with E-state index in [1.807, 2.05) is 12.7 Å². The van der Waals surface area contributed by atoms with E-state index in [2.05, 4.69) is 126 Å². The molecule has 0 radical (unpaired) electrons. The predicted molar refractivity (Wildman–Crippen MR) is 172 cm³/mol. The Morgan fingerprint density at radius 2 is 0.976 bits per heavy atom. The first-order valence-corrected chi connectivity index (χ1v) is 14.8. The van der Waals surface area contributed by atoms with Gasteiger partial charge in [-0.15, -0.1) is 0 Å². The van der Waals surface area contributed by atoms with E-state index in [-0.39, 0.29) is 0 Å². The SMILES string of the molecule is CCCc1ccc(-n2cnc3cc(-c4cccc(-c5ccc6c(c5)ncn6-c5ccc(CCC)cc5)n4)ccc32)cc1. The Kier molecular flexibility index (Phi) is 6.84. The molecule has 7 aromatic rings. The molecule has 0 spiro atoms. The summed E-state index contributed by atoms with van der Waals surface area (Å²) < 4.78 is 4.29. The monoisotopic (exact) mass is 547 g/mol. The summed E-state index contributed by atoms with van der Waals surface area (Å²) in [5.74, 6) is 0. The maximum atomic E-state index is 5.04. The molecule has 4 aromatic carbocycles. The van der Waals surface area contributed by atoms with Gasteiger partial charge >= 0.3 is 0 Å². The second kappa shape index (κ2) is 11.1. The minimum atomic E-state index is 0.922. The Balaban J connectivity index is 1.17. The average molecular weight is 548 g/mol. The third-order valence-corrected chi connectivity index (χ3v) is 7.94. The number of hydrogen-bond acceptors (Lipinski definition) is 3. The lowest BCUT2D eigenvalue weighted by Crippen LogP contribution is -1.93. The van der Waals surface area contributed by atoms with Crippen molar-refractivity contribution in [1.82, 2.24) is 24.1 Å². The zero-order valence-electron chi connectivity index (χ0n) is 24.0. The third-order valence-electron chi connectivity index (χ3n) is 7.94. The van der Waals surface area contributed by atoms with Gasteiger partial charge in [0.05, 0.1) is 33.5 Å². The molecule has 3 heterocycles. The number of pyridine rings is 1. The van der Waals surface area contributed by atoms with Crippen LogP contribution in [0.2, 0.25) is 0 Å². The number of imidazole rings is 2. The van der Waals surface area contributed by atoms with Crippen LogP contribution in [0.5, 0.6) is 0 Å². The van der Waals surface area contributed by atoms with Crippen molar-refractivity contribution in [1.29, 1.82) is 0 Å². The van der Waals surface area contributed by atoms with E-state index in [1.165, 1.54) is 11.1 Å². The van der Waals surface area contributed by atoms with Gasteiger partial charge in [-0.25, -0.2) is 15.0 Å². The summed E-state index contributed by atoms with van der Waals surface area (Å²) in [4.78, 5) is 14.5. The molecule has 0 amide bonds. The lowest BCUT2D eigenvalue weighted by Gasteiger charge is -2.08. The quantitative estimate of drug-likeness (QED) is 0.191. The van der Waals surface area contributed by atoms with Gasteiger partial charge in [-0.2, -0.15) is 0 Å². The van der Waals surface area contributed by atoms with Crippen molar-refractivity contribution in [2.75, 3.05) is 0 Å². The summed E-state index contributed by atoms with van der Waals surface area (Å²) in [6, 6.07) is 36.5. The average Bonchev–Trinajstić information content (AvgIpc) is 3.66. The van der Waals surface area contributed by atoms with Crippen LogP contribution < -0.4 is 0 Å². The molecule has 42 heavy (non-hydrogen) atoms. The number of rotatable bonds is 8. The number of benzene rings is 4. The largest absolute Gasteiger partial charge is 0.299 e. The summed E-state index contributed by atoms with van der Waals surface area (Å²) >= 11 is 0. The van der Waals surface area contributed by atoms with E-state index >= 15 is 0 Å². The van der Waals surface area contributed by atoms with Crippen molar-refractivity contribution < 1.29 is 0 Å².